The number of carbonyl (C=O) groups is 2. The number of morpholine rings is 1. The van der Waals surface area contributed by atoms with Gasteiger partial charge >= 0.3 is 0 Å². The van der Waals surface area contributed by atoms with Crippen molar-refractivity contribution in [3.63, 3.8) is 0 Å². The SMILES string of the molecule is O=C(CN1CCSC1=O)NCc1ccccc1S(=O)(=O)N1CCOCC1. The van der Waals surface area contributed by atoms with Crippen molar-refractivity contribution in [1.29, 1.82) is 0 Å². The molecule has 3 rings (SSSR count). The lowest BCUT2D eigenvalue weighted by molar-refractivity contribution is -0.121. The van der Waals surface area contributed by atoms with Crippen molar-refractivity contribution in [3.05, 3.63) is 29.8 Å². The summed E-state index contributed by atoms with van der Waals surface area (Å²) < 4.78 is 32.4. The first-order valence-electron chi connectivity index (χ1n) is 8.32. The van der Waals surface area contributed by atoms with Crippen LogP contribution in [0.2, 0.25) is 0 Å². The maximum Gasteiger partial charge on any atom is 0.282 e. The smallest absolute Gasteiger partial charge is 0.282 e. The van der Waals surface area contributed by atoms with Crippen molar-refractivity contribution in [1.82, 2.24) is 14.5 Å². The van der Waals surface area contributed by atoms with Crippen LogP contribution in [0.5, 0.6) is 0 Å². The molecule has 2 fully saturated rings. The van der Waals surface area contributed by atoms with E-state index in [1.54, 1.807) is 24.3 Å². The number of nitrogens with zero attached hydrogens (tertiary/aromatic N) is 2. The fourth-order valence-electron chi connectivity index (χ4n) is 2.82. The fraction of sp³-hybridized carbons (Fsp3) is 0.500. The van der Waals surface area contributed by atoms with Gasteiger partial charge in [-0.3, -0.25) is 9.59 Å². The van der Waals surface area contributed by atoms with Gasteiger partial charge in [0.1, 0.15) is 6.54 Å². The van der Waals surface area contributed by atoms with Crippen LogP contribution in [0.1, 0.15) is 5.56 Å². The highest BCUT2D eigenvalue weighted by molar-refractivity contribution is 8.13. The number of thioether (sulfide) groups is 1. The molecule has 2 aliphatic heterocycles. The Balaban J connectivity index is 1.67. The van der Waals surface area contributed by atoms with E-state index in [1.165, 1.54) is 21.0 Å². The van der Waals surface area contributed by atoms with Gasteiger partial charge in [0.05, 0.1) is 18.1 Å². The number of hydrogen-bond acceptors (Lipinski definition) is 6. The number of benzene rings is 1. The maximum absolute atomic E-state index is 12.9. The molecule has 2 heterocycles. The van der Waals surface area contributed by atoms with E-state index in [2.05, 4.69) is 5.32 Å². The molecule has 0 spiro atoms. The largest absolute Gasteiger partial charge is 0.379 e. The molecule has 0 aromatic heterocycles. The van der Waals surface area contributed by atoms with Crippen LogP contribution < -0.4 is 5.32 Å². The third-order valence-electron chi connectivity index (χ3n) is 4.22. The Bertz CT molecular complexity index is 778. The van der Waals surface area contributed by atoms with E-state index in [-0.39, 0.29) is 29.1 Å². The third-order valence-corrected chi connectivity index (χ3v) is 7.11. The quantitative estimate of drug-likeness (QED) is 0.748. The summed E-state index contributed by atoms with van der Waals surface area (Å²) in [5.74, 6) is 0.381. The van der Waals surface area contributed by atoms with Crippen LogP contribution in [0, 0.1) is 0 Å². The number of ether oxygens (including phenoxy) is 1. The van der Waals surface area contributed by atoms with E-state index in [0.717, 1.165) is 0 Å². The molecule has 10 heteroatoms. The van der Waals surface area contributed by atoms with Gasteiger partial charge in [0, 0.05) is 31.9 Å². The van der Waals surface area contributed by atoms with E-state index < -0.39 is 10.0 Å². The predicted octanol–water partition coefficient (Wildman–Crippen LogP) is 0.492. The Hall–Kier alpha value is -1.62. The van der Waals surface area contributed by atoms with Gasteiger partial charge in [0.25, 0.3) is 5.24 Å². The fourth-order valence-corrected chi connectivity index (χ4v) is 5.27. The van der Waals surface area contributed by atoms with Crippen molar-refractivity contribution in [2.45, 2.75) is 11.4 Å². The number of sulfonamides is 1. The van der Waals surface area contributed by atoms with Gasteiger partial charge < -0.3 is 15.0 Å². The number of amides is 2. The second-order valence-corrected chi connectivity index (χ2v) is 8.89. The van der Waals surface area contributed by atoms with E-state index >= 15 is 0 Å². The van der Waals surface area contributed by atoms with Crippen LogP contribution in [0.25, 0.3) is 0 Å². The minimum Gasteiger partial charge on any atom is -0.379 e. The highest BCUT2D eigenvalue weighted by Gasteiger charge is 2.28. The first kappa shape index (κ1) is 19.2. The Labute approximate surface area is 156 Å². The van der Waals surface area contributed by atoms with Gasteiger partial charge in [0.15, 0.2) is 0 Å². The molecule has 0 radical (unpaired) electrons. The summed E-state index contributed by atoms with van der Waals surface area (Å²) >= 11 is 1.20. The Kier molecular flexibility index (Phi) is 6.17. The number of nitrogens with one attached hydrogen (secondary N) is 1. The lowest BCUT2D eigenvalue weighted by Crippen LogP contribution is -2.41. The minimum atomic E-state index is -3.64. The lowest BCUT2D eigenvalue weighted by atomic mass is 10.2. The number of rotatable bonds is 6. The van der Waals surface area contributed by atoms with Crippen LogP contribution in [0.3, 0.4) is 0 Å². The molecule has 142 valence electrons. The molecule has 0 bridgehead atoms. The summed E-state index contributed by atoms with van der Waals surface area (Å²) in [6.45, 7) is 2.02. The highest BCUT2D eigenvalue weighted by Crippen LogP contribution is 2.21. The third kappa shape index (κ3) is 4.37. The van der Waals surface area contributed by atoms with E-state index in [0.29, 0.717) is 44.2 Å². The van der Waals surface area contributed by atoms with E-state index in [9.17, 15) is 18.0 Å². The average Bonchev–Trinajstić information content (AvgIpc) is 3.05. The molecule has 0 unspecified atom stereocenters. The van der Waals surface area contributed by atoms with Gasteiger partial charge in [-0.05, 0) is 11.6 Å². The van der Waals surface area contributed by atoms with Crippen LogP contribution in [0.15, 0.2) is 29.2 Å². The molecule has 8 nitrogen and oxygen atoms in total. The summed E-state index contributed by atoms with van der Waals surface area (Å²) in [6.07, 6.45) is 0. The van der Waals surface area contributed by atoms with Gasteiger partial charge in [-0.25, -0.2) is 8.42 Å². The molecule has 1 aromatic rings. The predicted molar refractivity (Wildman–Crippen MR) is 97.3 cm³/mol. The summed E-state index contributed by atoms with van der Waals surface area (Å²) in [6, 6.07) is 6.64. The maximum atomic E-state index is 12.9. The standard InChI is InChI=1S/C16H21N3O5S2/c20-15(12-18-7-10-25-16(18)21)17-11-13-3-1-2-4-14(13)26(22,23)19-5-8-24-9-6-19/h1-4H,5-12H2,(H,17,20). The highest BCUT2D eigenvalue weighted by atomic mass is 32.2. The van der Waals surface area contributed by atoms with E-state index in [4.69, 9.17) is 4.74 Å². The Morgan fingerprint density at radius 3 is 2.62 bits per heavy atom. The zero-order valence-corrected chi connectivity index (χ0v) is 15.9. The molecule has 2 amide bonds. The molecular formula is C16H21N3O5S2. The summed E-state index contributed by atoms with van der Waals surface area (Å²) in [4.78, 5) is 25.3. The van der Waals surface area contributed by atoms with Crippen molar-refractivity contribution in [2.24, 2.45) is 0 Å². The molecule has 1 N–H and O–H groups in total. The van der Waals surface area contributed by atoms with Crippen LogP contribution in [-0.4, -0.2) is 73.9 Å². The monoisotopic (exact) mass is 399 g/mol. The number of hydrogen-bond donors (Lipinski definition) is 1. The lowest BCUT2D eigenvalue weighted by Gasteiger charge is -2.27. The van der Waals surface area contributed by atoms with Crippen molar-refractivity contribution < 1.29 is 22.7 Å². The van der Waals surface area contributed by atoms with Gasteiger partial charge in [0.2, 0.25) is 15.9 Å². The zero-order chi connectivity index (χ0) is 18.6. The minimum absolute atomic E-state index is 0.00971. The zero-order valence-electron chi connectivity index (χ0n) is 14.2. The average molecular weight is 399 g/mol. The topological polar surface area (TPSA) is 96.0 Å². The molecule has 2 saturated heterocycles. The molecule has 0 saturated carbocycles. The molecule has 0 aliphatic carbocycles. The Morgan fingerprint density at radius 1 is 1.19 bits per heavy atom. The number of carbonyl (C=O) groups excluding carboxylic acids is 2. The van der Waals surface area contributed by atoms with Crippen LogP contribution in [-0.2, 0) is 26.1 Å². The summed E-state index contributed by atoms with van der Waals surface area (Å²) in [5.41, 5.74) is 0.523. The normalized spacial score (nSPS) is 18.9. The summed E-state index contributed by atoms with van der Waals surface area (Å²) in [7, 11) is -3.64. The van der Waals surface area contributed by atoms with E-state index in [1.807, 2.05) is 0 Å². The van der Waals surface area contributed by atoms with Crippen molar-refractivity contribution in [3.8, 4) is 0 Å². The summed E-state index contributed by atoms with van der Waals surface area (Å²) in [5, 5.41) is 2.61. The van der Waals surface area contributed by atoms with Crippen molar-refractivity contribution in [2.75, 3.05) is 45.1 Å². The molecule has 0 atom stereocenters. The van der Waals surface area contributed by atoms with Crippen molar-refractivity contribution >= 4 is 32.9 Å². The Morgan fingerprint density at radius 2 is 1.92 bits per heavy atom. The molecular weight excluding hydrogens is 378 g/mol. The first-order chi connectivity index (χ1) is 12.5. The molecule has 2 aliphatic rings. The van der Waals surface area contributed by atoms with Gasteiger partial charge in [-0.15, -0.1) is 0 Å². The first-order valence-corrected chi connectivity index (χ1v) is 10.8. The molecule has 1 aromatic carbocycles. The van der Waals surface area contributed by atoms with Crippen LogP contribution in [0.4, 0.5) is 4.79 Å². The second-order valence-electron chi connectivity index (χ2n) is 5.94. The van der Waals surface area contributed by atoms with Crippen LogP contribution >= 0.6 is 11.8 Å². The van der Waals surface area contributed by atoms with Gasteiger partial charge in [-0.2, -0.15) is 4.31 Å². The van der Waals surface area contributed by atoms with Gasteiger partial charge in [-0.1, -0.05) is 30.0 Å². The molecule has 26 heavy (non-hydrogen) atoms. The second kappa shape index (κ2) is 8.38.